The average Bonchev–Trinajstić information content (AvgIpc) is 2.40. The van der Waals surface area contributed by atoms with Crippen LogP contribution in [-0.2, 0) is 0 Å². The second-order valence-corrected chi connectivity index (χ2v) is 4.89. The molecule has 1 N–H and O–H groups in total. The van der Waals surface area contributed by atoms with Gasteiger partial charge in [0.25, 0.3) is 0 Å². The van der Waals surface area contributed by atoms with Gasteiger partial charge < -0.3 is 5.11 Å². The maximum atomic E-state index is 8.94. The Morgan fingerprint density at radius 1 is 1.28 bits per heavy atom. The first-order chi connectivity index (χ1) is 8.70. The van der Waals surface area contributed by atoms with Gasteiger partial charge in [-0.1, -0.05) is 48.1 Å². The molecule has 0 aromatic heterocycles. The number of allylic oxidation sites excluding steroid dienone is 2. The van der Waals surface area contributed by atoms with Gasteiger partial charge in [-0.25, -0.2) is 0 Å². The second kappa shape index (κ2) is 5.98. The predicted octanol–water partition coefficient (Wildman–Crippen LogP) is 2.63. The molecular weight excluding hydrogens is 222 g/mol. The first kappa shape index (κ1) is 13.1. The summed E-state index contributed by atoms with van der Waals surface area (Å²) in [6, 6.07) is 9.04. The number of likely N-dealkylation sites (N-methyl/N-ethyl adjacent to an activating group) is 1. The highest BCUT2D eigenvalue weighted by Gasteiger charge is 2.13. The molecule has 2 nitrogen and oxygen atoms in total. The lowest BCUT2D eigenvalue weighted by Gasteiger charge is -2.26. The summed E-state index contributed by atoms with van der Waals surface area (Å²) in [6.07, 6.45) is 7.71. The third-order valence-electron chi connectivity index (χ3n) is 3.48. The lowest BCUT2D eigenvalue weighted by Crippen LogP contribution is -2.32. The predicted molar refractivity (Wildman–Crippen MR) is 76.4 cm³/mol. The van der Waals surface area contributed by atoms with E-state index < -0.39 is 0 Å². The normalized spacial score (nSPS) is 19.1. The first-order valence-corrected chi connectivity index (χ1v) is 6.47. The van der Waals surface area contributed by atoms with Gasteiger partial charge in [0, 0.05) is 12.6 Å². The Balaban J connectivity index is 2.03. The topological polar surface area (TPSA) is 23.5 Å². The van der Waals surface area contributed by atoms with Gasteiger partial charge in [0.2, 0.25) is 0 Å². The van der Waals surface area contributed by atoms with Crippen LogP contribution in [0.25, 0.3) is 5.57 Å². The molecule has 1 atom stereocenters. The molecule has 18 heavy (non-hydrogen) atoms. The molecule has 1 aliphatic rings. The van der Waals surface area contributed by atoms with Crippen molar-refractivity contribution in [2.45, 2.75) is 19.4 Å². The highest BCUT2D eigenvalue weighted by molar-refractivity contribution is 5.75. The lowest BCUT2D eigenvalue weighted by molar-refractivity contribution is 0.199. The minimum atomic E-state index is 0.218. The third-order valence-corrected chi connectivity index (χ3v) is 3.48. The Morgan fingerprint density at radius 2 is 2.00 bits per heavy atom. The largest absolute Gasteiger partial charge is 0.395 e. The van der Waals surface area contributed by atoms with E-state index in [1.54, 1.807) is 0 Å². The molecule has 1 aromatic rings. The SMILES string of the molecule is Cc1ccc(C2=CCC(N(C)CCO)C=C2)cc1. The Kier molecular flexibility index (Phi) is 4.34. The van der Waals surface area contributed by atoms with Crippen molar-refractivity contribution >= 4 is 5.57 Å². The number of nitrogens with zero attached hydrogens (tertiary/aromatic N) is 1. The molecule has 0 saturated heterocycles. The molecule has 0 fully saturated rings. The summed E-state index contributed by atoms with van der Waals surface area (Å²) in [4.78, 5) is 2.18. The van der Waals surface area contributed by atoms with Gasteiger partial charge in [0.15, 0.2) is 0 Å². The van der Waals surface area contributed by atoms with E-state index in [2.05, 4.69) is 61.4 Å². The number of hydrogen-bond acceptors (Lipinski definition) is 2. The van der Waals surface area contributed by atoms with Gasteiger partial charge in [0.1, 0.15) is 0 Å². The zero-order chi connectivity index (χ0) is 13.0. The van der Waals surface area contributed by atoms with Crippen LogP contribution in [0.1, 0.15) is 17.5 Å². The third kappa shape index (κ3) is 3.09. The molecule has 0 saturated carbocycles. The van der Waals surface area contributed by atoms with Crippen molar-refractivity contribution in [2.24, 2.45) is 0 Å². The van der Waals surface area contributed by atoms with Crippen molar-refractivity contribution in [3.8, 4) is 0 Å². The summed E-state index contributed by atoms with van der Waals surface area (Å²) in [5, 5.41) is 8.94. The van der Waals surface area contributed by atoms with Crippen LogP contribution in [0.3, 0.4) is 0 Å². The molecule has 2 heteroatoms. The summed E-state index contributed by atoms with van der Waals surface area (Å²) in [7, 11) is 2.05. The molecule has 0 heterocycles. The number of benzene rings is 1. The van der Waals surface area contributed by atoms with Crippen LogP contribution in [-0.4, -0.2) is 36.2 Å². The van der Waals surface area contributed by atoms with Crippen molar-refractivity contribution in [1.29, 1.82) is 0 Å². The monoisotopic (exact) mass is 243 g/mol. The highest BCUT2D eigenvalue weighted by Crippen LogP contribution is 2.23. The number of rotatable bonds is 4. The first-order valence-electron chi connectivity index (χ1n) is 6.47. The summed E-state index contributed by atoms with van der Waals surface area (Å²) >= 11 is 0. The molecule has 0 radical (unpaired) electrons. The fourth-order valence-corrected chi connectivity index (χ4v) is 2.22. The quantitative estimate of drug-likeness (QED) is 0.878. The minimum Gasteiger partial charge on any atom is -0.395 e. The molecule has 0 aliphatic heterocycles. The van der Waals surface area contributed by atoms with Gasteiger partial charge in [-0.3, -0.25) is 4.90 Å². The summed E-state index contributed by atoms with van der Waals surface area (Å²) in [6.45, 7) is 3.05. The van der Waals surface area contributed by atoms with E-state index in [0.29, 0.717) is 6.04 Å². The maximum absolute atomic E-state index is 8.94. The maximum Gasteiger partial charge on any atom is 0.0558 e. The Morgan fingerprint density at radius 3 is 2.56 bits per heavy atom. The molecule has 1 aliphatic carbocycles. The van der Waals surface area contributed by atoms with E-state index >= 15 is 0 Å². The van der Waals surface area contributed by atoms with Gasteiger partial charge in [-0.2, -0.15) is 0 Å². The lowest BCUT2D eigenvalue weighted by atomic mass is 9.96. The van der Waals surface area contributed by atoms with E-state index in [-0.39, 0.29) is 6.61 Å². The van der Waals surface area contributed by atoms with Crippen molar-refractivity contribution in [2.75, 3.05) is 20.2 Å². The number of aliphatic hydroxyl groups excluding tert-OH is 1. The number of hydrogen-bond donors (Lipinski definition) is 1. The smallest absolute Gasteiger partial charge is 0.0558 e. The van der Waals surface area contributed by atoms with E-state index in [0.717, 1.165) is 13.0 Å². The van der Waals surface area contributed by atoms with Gasteiger partial charge in [0.05, 0.1) is 6.61 Å². The van der Waals surface area contributed by atoms with Crippen molar-refractivity contribution in [3.63, 3.8) is 0 Å². The fourth-order valence-electron chi connectivity index (χ4n) is 2.22. The van der Waals surface area contributed by atoms with Crippen LogP contribution < -0.4 is 0 Å². The number of aliphatic hydroxyl groups is 1. The van der Waals surface area contributed by atoms with Crippen LogP contribution in [0.5, 0.6) is 0 Å². The summed E-state index contributed by atoms with van der Waals surface area (Å²) in [5.41, 5.74) is 3.86. The van der Waals surface area contributed by atoms with E-state index in [1.165, 1.54) is 16.7 Å². The molecule has 2 rings (SSSR count). The molecule has 1 unspecified atom stereocenters. The van der Waals surface area contributed by atoms with Gasteiger partial charge in [-0.05, 0) is 31.5 Å². The standard InChI is InChI=1S/C16H21NO/c1-13-3-5-14(6-4-13)15-7-9-16(10-8-15)17(2)11-12-18/h3-9,16,18H,10-12H2,1-2H3. The highest BCUT2D eigenvalue weighted by atomic mass is 16.3. The van der Waals surface area contributed by atoms with Crippen LogP contribution in [0, 0.1) is 6.92 Å². The van der Waals surface area contributed by atoms with E-state index in [9.17, 15) is 0 Å². The van der Waals surface area contributed by atoms with Crippen molar-refractivity contribution < 1.29 is 5.11 Å². The Hall–Kier alpha value is -1.38. The molecule has 96 valence electrons. The molecule has 0 bridgehead atoms. The average molecular weight is 243 g/mol. The van der Waals surface area contributed by atoms with Crippen LogP contribution in [0.15, 0.2) is 42.5 Å². The number of aryl methyl sites for hydroxylation is 1. The summed E-state index contributed by atoms with van der Waals surface area (Å²) < 4.78 is 0. The second-order valence-electron chi connectivity index (χ2n) is 4.89. The zero-order valence-corrected chi connectivity index (χ0v) is 11.1. The van der Waals surface area contributed by atoms with Crippen molar-refractivity contribution in [1.82, 2.24) is 4.90 Å². The van der Waals surface area contributed by atoms with Crippen LogP contribution in [0.2, 0.25) is 0 Å². The van der Waals surface area contributed by atoms with Crippen LogP contribution in [0.4, 0.5) is 0 Å². The fraction of sp³-hybridized carbons (Fsp3) is 0.375. The molecular formula is C16H21NO. The van der Waals surface area contributed by atoms with E-state index in [4.69, 9.17) is 5.11 Å². The van der Waals surface area contributed by atoms with Gasteiger partial charge >= 0.3 is 0 Å². The van der Waals surface area contributed by atoms with Crippen molar-refractivity contribution in [3.05, 3.63) is 53.6 Å². The van der Waals surface area contributed by atoms with Gasteiger partial charge in [-0.15, -0.1) is 0 Å². The zero-order valence-electron chi connectivity index (χ0n) is 11.1. The molecule has 0 spiro atoms. The Labute approximate surface area is 109 Å². The molecule has 1 aromatic carbocycles. The van der Waals surface area contributed by atoms with E-state index in [1.807, 2.05) is 0 Å². The minimum absolute atomic E-state index is 0.218. The summed E-state index contributed by atoms with van der Waals surface area (Å²) in [5.74, 6) is 0. The molecule has 0 amide bonds. The Bertz CT molecular complexity index is 445. The van der Waals surface area contributed by atoms with Crippen LogP contribution >= 0.6 is 0 Å².